The summed E-state index contributed by atoms with van der Waals surface area (Å²) in [7, 11) is 0. The SMILES string of the molecule is O=C(CCCn1ccccc1=O)Nc1cccc2cccnc12. The molecule has 1 N–H and O–H groups in total. The van der Waals surface area contributed by atoms with Crippen LogP contribution < -0.4 is 10.9 Å². The topological polar surface area (TPSA) is 64.0 Å². The fourth-order valence-corrected chi connectivity index (χ4v) is 2.47. The second-order valence-electron chi connectivity index (χ2n) is 5.26. The van der Waals surface area contributed by atoms with Gasteiger partial charge in [-0.15, -0.1) is 0 Å². The molecule has 1 aromatic carbocycles. The molecule has 0 saturated heterocycles. The minimum Gasteiger partial charge on any atom is -0.324 e. The van der Waals surface area contributed by atoms with Crippen LogP contribution >= 0.6 is 0 Å². The van der Waals surface area contributed by atoms with Gasteiger partial charge in [-0.3, -0.25) is 14.6 Å². The van der Waals surface area contributed by atoms with E-state index in [9.17, 15) is 9.59 Å². The van der Waals surface area contributed by atoms with Crippen molar-refractivity contribution in [2.45, 2.75) is 19.4 Å². The van der Waals surface area contributed by atoms with Crippen LogP contribution in [0.15, 0.2) is 65.7 Å². The van der Waals surface area contributed by atoms with Crippen molar-refractivity contribution in [3.05, 3.63) is 71.3 Å². The van der Waals surface area contributed by atoms with Crippen molar-refractivity contribution in [3.63, 3.8) is 0 Å². The Bertz CT molecular complexity index is 881. The molecule has 0 radical (unpaired) electrons. The van der Waals surface area contributed by atoms with E-state index in [2.05, 4.69) is 10.3 Å². The maximum atomic E-state index is 12.1. The van der Waals surface area contributed by atoms with Gasteiger partial charge in [-0.05, 0) is 24.6 Å². The van der Waals surface area contributed by atoms with E-state index in [0.717, 1.165) is 10.9 Å². The first-order valence-corrected chi connectivity index (χ1v) is 7.53. The molecule has 3 rings (SSSR count). The van der Waals surface area contributed by atoms with Crippen LogP contribution in [0, 0.1) is 0 Å². The number of aromatic nitrogens is 2. The third kappa shape index (κ3) is 3.63. The van der Waals surface area contributed by atoms with Gasteiger partial charge in [0.25, 0.3) is 0 Å². The summed E-state index contributed by atoms with van der Waals surface area (Å²) >= 11 is 0. The number of amides is 1. The zero-order valence-corrected chi connectivity index (χ0v) is 12.6. The Hall–Kier alpha value is -2.95. The number of benzene rings is 1. The lowest BCUT2D eigenvalue weighted by Crippen LogP contribution is -2.19. The second kappa shape index (κ2) is 6.87. The predicted octanol–water partition coefficient (Wildman–Crippen LogP) is 2.82. The average Bonchev–Trinajstić information content (AvgIpc) is 2.57. The van der Waals surface area contributed by atoms with Crippen molar-refractivity contribution in [2.24, 2.45) is 0 Å². The number of carbonyl (C=O) groups is 1. The summed E-state index contributed by atoms with van der Waals surface area (Å²) in [5.74, 6) is -0.0767. The Kier molecular flexibility index (Phi) is 4.47. The zero-order valence-electron chi connectivity index (χ0n) is 12.6. The van der Waals surface area contributed by atoms with Gasteiger partial charge in [0.15, 0.2) is 0 Å². The minimum atomic E-state index is -0.0767. The Morgan fingerprint density at radius 1 is 1.09 bits per heavy atom. The Balaban J connectivity index is 1.61. The van der Waals surface area contributed by atoms with E-state index in [4.69, 9.17) is 0 Å². The summed E-state index contributed by atoms with van der Waals surface area (Å²) in [5.41, 5.74) is 1.44. The van der Waals surface area contributed by atoms with E-state index in [1.165, 1.54) is 6.07 Å². The van der Waals surface area contributed by atoms with Crippen molar-refractivity contribution in [2.75, 3.05) is 5.32 Å². The molecule has 5 nitrogen and oxygen atoms in total. The largest absolute Gasteiger partial charge is 0.324 e. The van der Waals surface area contributed by atoms with E-state index >= 15 is 0 Å². The molecule has 5 heteroatoms. The van der Waals surface area contributed by atoms with Crippen LogP contribution in [0.5, 0.6) is 0 Å². The highest BCUT2D eigenvalue weighted by molar-refractivity contribution is 6.00. The molecule has 0 atom stereocenters. The summed E-state index contributed by atoms with van der Waals surface area (Å²) in [6.45, 7) is 0.529. The van der Waals surface area contributed by atoms with E-state index < -0.39 is 0 Å². The maximum absolute atomic E-state index is 12.1. The standard InChI is InChI=1S/C18H17N3O2/c22-16(9-5-13-21-12-2-1-10-17(21)23)20-15-8-3-6-14-7-4-11-19-18(14)15/h1-4,6-8,10-12H,5,9,13H2,(H,20,22). The van der Waals surface area contributed by atoms with Gasteiger partial charge in [-0.25, -0.2) is 0 Å². The molecule has 2 heterocycles. The highest BCUT2D eigenvalue weighted by Gasteiger charge is 2.06. The van der Waals surface area contributed by atoms with Crippen molar-refractivity contribution in [1.82, 2.24) is 9.55 Å². The fraction of sp³-hybridized carbons (Fsp3) is 0.167. The first kappa shape index (κ1) is 15.0. The van der Waals surface area contributed by atoms with Gasteiger partial charge in [-0.2, -0.15) is 0 Å². The Labute approximate surface area is 133 Å². The fourth-order valence-electron chi connectivity index (χ4n) is 2.47. The number of rotatable bonds is 5. The second-order valence-corrected chi connectivity index (χ2v) is 5.26. The van der Waals surface area contributed by atoms with Crippen LogP contribution in [-0.2, 0) is 11.3 Å². The van der Waals surface area contributed by atoms with E-state index in [0.29, 0.717) is 25.1 Å². The molecule has 0 unspecified atom stereocenters. The highest BCUT2D eigenvalue weighted by atomic mass is 16.1. The number of fused-ring (bicyclic) bond motifs is 1. The number of hydrogen-bond acceptors (Lipinski definition) is 3. The molecule has 0 aliphatic heterocycles. The summed E-state index contributed by atoms with van der Waals surface area (Å²) in [6, 6.07) is 14.5. The third-order valence-corrected chi connectivity index (χ3v) is 3.61. The van der Waals surface area contributed by atoms with Gasteiger partial charge in [0.05, 0.1) is 11.2 Å². The molecule has 116 valence electrons. The number of nitrogens with zero attached hydrogens (tertiary/aromatic N) is 2. The van der Waals surface area contributed by atoms with Crippen molar-refractivity contribution >= 4 is 22.5 Å². The van der Waals surface area contributed by atoms with Crippen LogP contribution in [0.3, 0.4) is 0 Å². The van der Waals surface area contributed by atoms with Crippen molar-refractivity contribution in [1.29, 1.82) is 0 Å². The summed E-state index contributed by atoms with van der Waals surface area (Å²) in [4.78, 5) is 28.0. The zero-order chi connectivity index (χ0) is 16.1. The maximum Gasteiger partial charge on any atom is 0.250 e. The lowest BCUT2D eigenvalue weighted by atomic mass is 10.2. The number of anilines is 1. The smallest absolute Gasteiger partial charge is 0.250 e. The molecule has 3 aromatic rings. The van der Waals surface area contributed by atoms with Crippen LogP contribution in [0.2, 0.25) is 0 Å². The van der Waals surface area contributed by atoms with E-state index in [1.807, 2.05) is 36.4 Å². The third-order valence-electron chi connectivity index (χ3n) is 3.61. The van der Waals surface area contributed by atoms with Crippen molar-refractivity contribution in [3.8, 4) is 0 Å². The van der Waals surface area contributed by atoms with Gasteiger partial charge < -0.3 is 9.88 Å². The molecule has 1 amide bonds. The minimum absolute atomic E-state index is 0.0499. The Morgan fingerprint density at radius 2 is 1.96 bits per heavy atom. The van der Waals surface area contributed by atoms with Crippen LogP contribution in [0.25, 0.3) is 10.9 Å². The lowest BCUT2D eigenvalue weighted by Gasteiger charge is -2.08. The number of pyridine rings is 2. The van der Waals surface area contributed by atoms with Gasteiger partial charge in [0, 0.05) is 36.8 Å². The van der Waals surface area contributed by atoms with E-state index in [-0.39, 0.29) is 11.5 Å². The van der Waals surface area contributed by atoms with Gasteiger partial charge >= 0.3 is 0 Å². The average molecular weight is 307 g/mol. The quantitative estimate of drug-likeness (QED) is 0.788. The number of hydrogen-bond donors (Lipinski definition) is 1. The van der Waals surface area contributed by atoms with Crippen molar-refractivity contribution < 1.29 is 4.79 Å². The number of carbonyl (C=O) groups excluding carboxylic acids is 1. The van der Waals surface area contributed by atoms with E-state index in [1.54, 1.807) is 23.0 Å². The molecule has 2 aromatic heterocycles. The molecular formula is C18H17N3O2. The monoisotopic (exact) mass is 307 g/mol. The van der Waals surface area contributed by atoms with Crippen LogP contribution in [0.4, 0.5) is 5.69 Å². The molecular weight excluding hydrogens is 290 g/mol. The normalized spacial score (nSPS) is 10.6. The molecule has 0 aliphatic rings. The molecule has 0 saturated carbocycles. The summed E-state index contributed by atoms with van der Waals surface area (Å²) < 4.78 is 1.60. The summed E-state index contributed by atoms with van der Waals surface area (Å²) in [5, 5.41) is 3.88. The highest BCUT2D eigenvalue weighted by Crippen LogP contribution is 2.20. The van der Waals surface area contributed by atoms with Gasteiger partial charge in [0.1, 0.15) is 0 Å². The van der Waals surface area contributed by atoms with Gasteiger partial charge in [0.2, 0.25) is 11.5 Å². The number of aryl methyl sites for hydroxylation is 1. The molecule has 0 spiro atoms. The number of para-hydroxylation sites is 1. The molecule has 0 fully saturated rings. The number of nitrogens with one attached hydrogen (secondary N) is 1. The lowest BCUT2D eigenvalue weighted by molar-refractivity contribution is -0.116. The van der Waals surface area contributed by atoms with Crippen LogP contribution in [-0.4, -0.2) is 15.5 Å². The first-order chi connectivity index (χ1) is 11.2. The van der Waals surface area contributed by atoms with Gasteiger partial charge in [-0.1, -0.05) is 24.3 Å². The van der Waals surface area contributed by atoms with Crippen LogP contribution in [0.1, 0.15) is 12.8 Å². The molecule has 0 bridgehead atoms. The first-order valence-electron chi connectivity index (χ1n) is 7.53. The molecule has 23 heavy (non-hydrogen) atoms. The molecule has 0 aliphatic carbocycles. The summed E-state index contributed by atoms with van der Waals surface area (Å²) in [6.07, 6.45) is 4.40. The Morgan fingerprint density at radius 3 is 2.83 bits per heavy atom. The predicted molar refractivity (Wildman–Crippen MR) is 90.3 cm³/mol.